The van der Waals surface area contributed by atoms with E-state index in [0.717, 1.165) is 5.56 Å². The van der Waals surface area contributed by atoms with E-state index in [-0.39, 0.29) is 18.4 Å². The zero-order chi connectivity index (χ0) is 20.1. The van der Waals surface area contributed by atoms with Gasteiger partial charge in [-0.1, -0.05) is 24.3 Å². The molecule has 0 saturated heterocycles. The Morgan fingerprint density at radius 1 is 1.11 bits per heavy atom. The van der Waals surface area contributed by atoms with Crippen molar-refractivity contribution < 1.29 is 23.4 Å². The summed E-state index contributed by atoms with van der Waals surface area (Å²) >= 11 is 0. The minimum absolute atomic E-state index is 0.0599. The first-order valence-corrected chi connectivity index (χ1v) is 8.71. The molecule has 0 spiro atoms. The lowest BCUT2D eigenvalue weighted by molar-refractivity contribution is -0.136. The van der Waals surface area contributed by atoms with E-state index in [4.69, 9.17) is 9.84 Å². The molecular formula is C22H19F2NO3. The summed E-state index contributed by atoms with van der Waals surface area (Å²) in [4.78, 5) is 15.0. The van der Waals surface area contributed by atoms with Gasteiger partial charge in [0, 0.05) is 29.9 Å². The molecule has 6 heteroatoms. The zero-order valence-corrected chi connectivity index (χ0v) is 15.2. The normalized spacial score (nSPS) is 10.9. The third-order valence-electron chi connectivity index (χ3n) is 4.49. The van der Waals surface area contributed by atoms with E-state index in [2.05, 4.69) is 4.98 Å². The van der Waals surface area contributed by atoms with Crippen LogP contribution in [0.3, 0.4) is 0 Å². The largest absolute Gasteiger partial charge is 0.497 e. The molecule has 0 aliphatic rings. The van der Waals surface area contributed by atoms with Crippen LogP contribution in [-0.4, -0.2) is 23.2 Å². The number of carbonyl (C=O) groups is 1. The van der Waals surface area contributed by atoms with Crippen molar-refractivity contribution in [2.45, 2.75) is 19.3 Å². The summed E-state index contributed by atoms with van der Waals surface area (Å²) in [5.74, 6) is -0.334. The molecule has 28 heavy (non-hydrogen) atoms. The predicted octanol–water partition coefficient (Wildman–Crippen LogP) is 5.38. The van der Waals surface area contributed by atoms with Crippen LogP contribution in [0.1, 0.15) is 24.0 Å². The van der Waals surface area contributed by atoms with Crippen molar-refractivity contribution in [3.05, 3.63) is 72.1 Å². The lowest BCUT2D eigenvalue weighted by Gasteiger charge is -2.15. The summed E-state index contributed by atoms with van der Waals surface area (Å²) in [6.07, 6.45) is 0.695. The third kappa shape index (κ3) is 4.34. The molecule has 1 aromatic heterocycles. The first kappa shape index (κ1) is 19.5. The molecule has 0 aliphatic carbocycles. The molecule has 3 aromatic rings. The van der Waals surface area contributed by atoms with Crippen molar-refractivity contribution in [2.75, 3.05) is 7.11 Å². The summed E-state index contributed by atoms with van der Waals surface area (Å²) in [6, 6.07) is 13.6. The number of pyridine rings is 1. The molecule has 0 atom stereocenters. The molecule has 0 radical (unpaired) electrons. The van der Waals surface area contributed by atoms with E-state index in [1.165, 1.54) is 13.2 Å². The van der Waals surface area contributed by atoms with Crippen molar-refractivity contribution in [1.82, 2.24) is 4.98 Å². The number of carboxylic acid groups (broad SMARTS) is 1. The summed E-state index contributed by atoms with van der Waals surface area (Å²) in [6.45, 7) is 0. The smallest absolute Gasteiger partial charge is 0.303 e. The van der Waals surface area contributed by atoms with E-state index >= 15 is 0 Å². The van der Waals surface area contributed by atoms with Crippen LogP contribution in [0, 0.1) is 0 Å². The molecule has 0 aliphatic heterocycles. The van der Waals surface area contributed by atoms with Crippen LogP contribution < -0.4 is 4.74 Å². The van der Waals surface area contributed by atoms with Crippen LogP contribution in [0.2, 0.25) is 0 Å². The summed E-state index contributed by atoms with van der Waals surface area (Å²) in [5.41, 5.74) is 2.99. The van der Waals surface area contributed by atoms with Gasteiger partial charge in [0.25, 0.3) is 6.43 Å². The van der Waals surface area contributed by atoms with Gasteiger partial charge < -0.3 is 9.84 Å². The van der Waals surface area contributed by atoms with Crippen molar-refractivity contribution in [3.63, 3.8) is 0 Å². The second kappa shape index (κ2) is 8.61. The Morgan fingerprint density at radius 3 is 2.54 bits per heavy atom. The number of ether oxygens (including phenoxy) is 1. The average molecular weight is 383 g/mol. The SMILES string of the molecule is COc1ccc(-c2ccc(-c3cccnc3)c(C(F)F)c2)c(CCC(=O)O)c1. The number of rotatable bonds is 7. The van der Waals surface area contributed by atoms with E-state index in [1.807, 2.05) is 0 Å². The van der Waals surface area contributed by atoms with Crippen LogP contribution in [0.15, 0.2) is 60.9 Å². The highest BCUT2D eigenvalue weighted by Crippen LogP contribution is 2.36. The van der Waals surface area contributed by atoms with Crippen LogP contribution in [0.4, 0.5) is 8.78 Å². The van der Waals surface area contributed by atoms with Gasteiger partial charge in [-0.15, -0.1) is 0 Å². The highest BCUT2D eigenvalue weighted by atomic mass is 19.3. The van der Waals surface area contributed by atoms with Crippen molar-refractivity contribution in [2.24, 2.45) is 0 Å². The number of nitrogens with zero attached hydrogens (tertiary/aromatic N) is 1. The number of aliphatic carboxylic acids is 1. The summed E-state index contributed by atoms with van der Waals surface area (Å²) in [7, 11) is 1.52. The molecular weight excluding hydrogens is 364 g/mol. The summed E-state index contributed by atoms with van der Waals surface area (Å²) in [5, 5.41) is 9.01. The second-order valence-electron chi connectivity index (χ2n) is 6.26. The van der Waals surface area contributed by atoms with Crippen LogP contribution in [0.25, 0.3) is 22.3 Å². The number of methoxy groups -OCH3 is 1. The van der Waals surface area contributed by atoms with Gasteiger partial charge in [-0.25, -0.2) is 8.78 Å². The monoisotopic (exact) mass is 383 g/mol. The Kier molecular flexibility index (Phi) is 5.99. The second-order valence-corrected chi connectivity index (χ2v) is 6.26. The van der Waals surface area contributed by atoms with E-state index in [9.17, 15) is 13.6 Å². The van der Waals surface area contributed by atoms with Crippen molar-refractivity contribution >= 4 is 5.97 Å². The number of hydrogen-bond acceptors (Lipinski definition) is 3. The number of aryl methyl sites for hydroxylation is 1. The van der Waals surface area contributed by atoms with E-state index < -0.39 is 12.4 Å². The van der Waals surface area contributed by atoms with Gasteiger partial charge >= 0.3 is 5.97 Å². The van der Waals surface area contributed by atoms with Gasteiger partial charge in [0.1, 0.15) is 5.75 Å². The molecule has 144 valence electrons. The first-order chi connectivity index (χ1) is 13.5. The fourth-order valence-electron chi connectivity index (χ4n) is 3.12. The third-order valence-corrected chi connectivity index (χ3v) is 4.49. The number of benzene rings is 2. The van der Waals surface area contributed by atoms with Gasteiger partial charge in [-0.3, -0.25) is 9.78 Å². The molecule has 2 aromatic carbocycles. The Morgan fingerprint density at radius 2 is 1.89 bits per heavy atom. The van der Waals surface area contributed by atoms with Gasteiger partial charge in [-0.05, 0) is 52.9 Å². The number of carboxylic acids is 1. The number of halogens is 2. The van der Waals surface area contributed by atoms with Crippen molar-refractivity contribution in [1.29, 1.82) is 0 Å². The van der Waals surface area contributed by atoms with Crippen LogP contribution >= 0.6 is 0 Å². The minimum atomic E-state index is -2.66. The molecule has 3 rings (SSSR count). The van der Waals surface area contributed by atoms with Gasteiger partial charge in [0.2, 0.25) is 0 Å². The minimum Gasteiger partial charge on any atom is -0.497 e. The lowest BCUT2D eigenvalue weighted by atomic mass is 9.92. The Hall–Kier alpha value is -3.28. The summed E-state index contributed by atoms with van der Waals surface area (Å²) < 4.78 is 32.7. The molecule has 0 bridgehead atoms. The molecule has 1 N–H and O–H groups in total. The van der Waals surface area contributed by atoms with Crippen LogP contribution in [0.5, 0.6) is 5.75 Å². The molecule has 0 unspecified atom stereocenters. The molecule has 0 saturated carbocycles. The molecule has 0 fully saturated rings. The van der Waals surface area contributed by atoms with E-state index in [1.54, 1.807) is 54.9 Å². The Labute approximate surface area is 161 Å². The number of hydrogen-bond donors (Lipinski definition) is 1. The maximum absolute atomic E-state index is 13.8. The topological polar surface area (TPSA) is 59.4 Å². The Balaban J connectivity index is 2.08. The Bertz CT molecular complexity index is 975. The fourth-order valence-corrected chi connectivity index (χ4v) is 3.12. The number of aromatic nitrogens is 1. The standard InChI is InChI=1S/C22H19F2NO3/c1-28-17-6-8-18(14(11-17)5-9-21(26)27)15-4-7-19(20(12-15)22(23)24)16-3-2-10-25-13-16/h2-4,6-8,10-13,22H,5,9H2,1H3,(H,26,27). The maximum Gasteiger partial charge on any atom is 0.303 e. The molecule has 0 amide bonds. The van der Waals surface area contributed by atoms with Crippen molar-refractivity contribution in [3.8, 4) is 28.0 Å². The van der Waals surface area contributed by atoms with Crippen LogP contribution in [-0.2, 0) is 11.2 Å². The van der Waals surface area contributed by atoms with Gasteiger partial charge in [0.05, 0.1) is 7.11 Å². The predicted molar refractivity (Wildman–Crippen MR) is 103 cm³/mol. The molecule has 1 heterocycles. The molecule has 4 nitrogen and oxygen atoms in total. The quantitative estimate of drug-likeness (QED) is 0.595. The average Bonchev–Trinajstić information content (AvgIpc) is 2.72. The zero-order valence-electron chi connectivity index (χ0n) is 15.2. The van der Waals surface area contributed by atoms with Gasteiger partial charge in [0.15, 0.2) is 0 Å². The first-order valence-electron chi connectivity index (χ1n) is 8.71. The van der Waals surface area contributed by atoms with E-state index in [0.29, 0.717) is 28.0 Å². The maximum atomic E-state index is 13.8. The lowest BCUT2D eigenvalue weighted by Crippen LogP contribution is -2.00. The highest BCUT2D eigenvalue weighted by molar-refractivity contribution is 5.76. The highest BCUT2D eigenvalue weighted by Gasteiger charge is 2.17. The van der Waals surface area contributed by atoms with Gasteiger partial charge in [-0.2, -0.15) is 0 Å². The number of alkyl halides is 2. The fraction of sp³-hybridized carbons (Fsp3) is 0.182.